The van der Waals surface area contributed by atoms with Crippen LogP contribution in [0.25, 0.3) is 0 Å². The molecule has 4 atom stereocenters. The van der Waals surface area contributed by atoms with Gasteiger partial charge in [-0.05, 0) is 26.9 Å². The molecule has 4 aliphatic rings. The van der Waals surface area contributed by atoms with Crippen molar-refractivity contribution in [1.29, 1.82) is 0 Å². The molecule has 0 radical (unpaired) electrons. The molecule has 0 bridgehead atoms. The zero-order chi connectivity index (χ0) is 20.0. The van der Waals surface area contributed by atoms with E-state index in [9.17, 15) is 9.90 Å². The monoisotopic (exact) mass is 400 g/mol. The first-order valence-corrected chi connectivity index (χ1v) is 10.6. The smallest absolute Gasteiger partial charge is 0.169 e. The number of ether oxygens (including phenoxy) is 4. The fraction of sp³-hybridized carbons (Fsp3) is 0.950. The number of carbonyl (C=O) groups excluding carboxylic acids is 1. The van der Waals surface area contributed by atoms with E-state index < -0.39 is 5.79 Å². The number of aldehydes is 1. The molecule has 2 saturated carbocycles. The number of nitrogens with one attached hydrogen (secondary N) is 2. The Bertz CT molecular complexity index is 493. The lowest BCUT2D eigenvalue weighted by atomic mass is 9.81. The van der Waals surface area contributed by atoms with Crippen LogP contribution in [0.4, 0.5) is 0 Å². The second kappa shape index (κ2) is 9.93. The normalized spacial score (nSPS) is 36.2. The first-order valence-electron chi connectivity index (χ1n) is 10.6. The molecule has 3 N–H and O–H groups in total. The lowest BCUT2D eigenvalue weighted by Gasteiger charge is -2.40. The summed E-state index contributed by atoms with van der Waals surface area (Å²) in [5.41, 5.74) is 0. The van der Waals surface area contributed by atoms with E-state index >= 15 is 0 Å². The Morgan fingerprint density at radius 1 is 0.893 bits per heavy atom. The topological polar surface area (TPSA) is 98.3 Å². The summed E-state index contributed by atoms with van der Waals surface area (Å²) in [5.74, 6) is -0.543. The van der Waals surface area contributed by atoms with Crippen LogP contribution >= 0.6 is 0 Å². The van der Waals surface area contributed by atoms with Gasteiger partial charge in [0.1, 0.15) is 6.29 Å². The second-order valence-electron chi connectivity index (χ2n) is 8.23. The Kier molecular flexibility index (Phi) is 7.83. The van der Waals surface area contributed by atoms with Crippen molar-refractivity contribution in [3.05, 3.63) is 0 Å². The Morgan fingerprint density at radius 2 is 1.39 bits per heavy atom. The van der Waals surface area contributed by atoms with Crippen molar-refractivity contribution in [2.45, 2.75) is 62.2 Å². The number of hydrogen-bond donors (Lipinski definition) is 3. The summed E-state index contributed by atoms with van der Waals surface area (Å²) in [6.07, 6.45) is 6.32. The summed E-state index contributed by atoms with van der Waals surface area (Å²) in [7, 11) is 3.84. The van der Waals surface area contributed by atoms with Crippen molar-refractivity contribution in [3.63, 3.8) is 0 Å². The van der Waals surface area contributed by atoms with Crippen molar-refractivity contribution in [2.75, 3.05) is 47.1 Å². The molecule has 4 rings (SSSR count). The highest BCUT2D eigenvalue weighted by Gasteiger charge is 2.45. The number of rotatable bonds is 4. The van der Waals surface area contributed by atoms with Gasteiger partial charge < -0.3 is 39.5 Å². The standard InChI is InChI=1S/C10H19NO3.C10H17NO3/c2*1-11-9-2-3-10(6-8(9)7-12)13-4-5-14-10/h8-9,11-12H,2-7H2,1H3;7-9,11H,2-6H2,1H3/t2*8-,9+/m00/s1. The summed E-state index contributed by atoms with van der Waals surface area (Å²) < 4.78 is 22.5. The maximum absolute atomic E-state index is 10.9. The Balaban J connectivity index is 0.000000161. The van der Waals surface area contributed by atoms with Crippen LogP contribution in [-0.2, 0) is 23.7 Å². The molecule has 0 aromatic rings. The third-order valence-electron chi connectivity index (χ3n) is 6.66. The van der Waals surface area contributed by atoms with E-state index in [2.05, 4.69) is 10.6 Å². The Labute approximate surface area is 167 Å². The summed E-state index contributed by atoms with van der Waals surface area (Å²) in [6, 6.07) is 0.685. The minimum atomic E-state index is -0.446. The molecular weight excluding hydrogens is 364 g/mol. The Hall–Kier alpha value is -0.610. The average Bonchev–Trinajstić information content (AvgIpc) is 3.38. The molecule has 4 fully saturated rings. The van der Waals surface area contributed by atoms with Gasteiger partial charge in [0.2, 0.25) is 0 Å². The highest BCUT2D eigenvalue weighted by atomic mass is 16.7. The van der Waals surface area contributed by atoms with Gasteiger partial charge in [-0.15, -0.1) is 0 Å². The van der Waals surface area contributed by atoms with Crippen LogP contribution in [0.1, 0.15) is 38.5 Å². The maximum Gasteiger partial charge on any atom is 0.169 e. The predicted octanol–water partition coefficient (Wildman–Crippen LogP) is 0.426. The largest absolute Gasteiger partial charge is 0.396 e. The average molecular weight is 401 g/mol. The van der Waals surface area contributed by atoms with Crippen LogP contribution in [0.15, 0.2) is 0 Å². The predicted molar refractivity (Wildman–Crippen MR) is 103 cm³/mol. The van der Waals surface area contributed by atoms with Gasteiger partial charge in [0.05, 0.1) is 26.4 Å². The van der Waals surface area contributed by atoms with Crippen LogP contribution in [0.3, 0.4) is 0 Å². The third-order valence-corrected chi connectivity index (χ3v) is 6.66. The van der Waals surface area contributed by atoms with E-state index in [0.29, 0.717) is 38.9 Å². The fourth-order valence-corrected chi connectivity index (χ4v) is 5.04. The highest BCUT2D eigenvalue weighted by Crippen LogP contribution is 2.39. The minimum absolute atomic E-state index is 0.0202. The quantitative estimate of drug-likeness (QED) is 0.585. The van der Waals surface area contributed by atoms with Crippen molar-refractivity contribution in [2.24, 2.45) is 11.8 Å². The van der Waals surface area contributed by atoms with Crippen molar-refractivity contribution in [1.82, 2.24) is 10.6 Å². The Morgan fingerprint density at radius 3 is 1.86 bits per heavy atom. The van der Waals surface area contributed by atoms with Crippen LogP contribution in [0.2, 0.25) is 0 Å². The van der Waals surface area contributed by atoms with E-state index in [-0.39, 0.29) is 30.3 Å². The summed E-state index contributed by atoms with van der Waals surface area (Å²) in [4.78, 5) is 10.9. The lowest BCUT2D eigenvalue weighted by molar-refractivity contribution is -0.193. The molecule has 0 amide bonds. The first kappa shape index (κ1) is 22.1. The summed E-state index contributed by atoms with van der Waals surface area (Å²) in [5, 5.41) is 15.7. The zero-order valence-electron chi connectivity index (χ0n) is 17.2. The first-order chi connectivity index (χ1) is 13.6. The molecule has 162 valence electrons. The molecule has 2 aliphatic heterocycles. The van der Waals surface area contributed by atoms with E-state index in [4.69, 9.17) is 18.9 Å². The molecule has 0 aromatic carbocycles. The minimum Gasteiger partial charge on any atom is -0.396 e. The molecule has 2 aliphatic carbocycles. The van der Waals surface area contributed by atoms with E-state index in [1.807, 2.05) is 14.1 Å². The van der Waals surface area contributed by atoms with Gasteiger partial charge in [-0.3, -0.25) is 0 Å². The number of carbonyl (C=O) groups is 1. The SMILES string of the molecule is CN[C@@H]1CCC2(C[C@H]1C=O)OCCO2.CN[C@@H]1CCC2(C[C@H]1CO)OCCO2. The van der Waals surface area contributed by atoms with Crippen LogP contribution in [0, 0.1) is 11.8 Å². The van der Waals surface area contributed by atoms with Crippen LogP contribution < -0.4 is 10.6 Å². The van der Waals surface area contributed by atoms with Gasteiger partial charge in [0.25, 0.3) is 0 Å². The third kappa shape index (κ3) is 4.92. The molecule has 2 saturated heterocycles. The van der Waals surface area contributed by atoms with Crippen LogP contribution in [0.5, 0.6) is 0 Å². The number of aliphatic hydroxyl groups excluding tert-OH is 1. The van der Waals surface area contributed by atoms with Gasteiger partial charge in [0.15, 0.2) is 11.6 Å². The molecule has 2 spiro atoms. The second-order valence-corrected chi connectivity index (χ2v) is 8.23. The molecule has 8 heteroatoms. The fourth-order valence-electron chi connectivity index (χ4n) is 5.04. The zero-order valence-corrected chi connectivity index (χ0v) is 17.2. The van der Waals surface area contributed by atoms with Crippen molar-refractivity contribution < 1.29 is 28.8 Å². The molecule has 0 aromatic heterocycles. The molecule has 28 heavy (non-hydrogen) atoms. The van der Waals surface area contributed by atoms with Gasteiger partial charge in [0, 0.05) is 56.2 Å². The highest BCUT2D eigenvalue weighted by molar-refractivity contribution is 5.55. The number of aliphatic hydroxyl groups is 1. The summed E-state index contributed by atoms with van der Waals surface area (Å²) in [6.45, 7) is 2.93. The van der Waals surface area contributed by atoms with E-state index in [1.54, 1.807) is 0 Å². The molecule has 8 nitrogen and oxygen atoms in total. The number of hydrogen-bond acceptors (Lipinski definition) is 8. The van der Waals surface area contributed by atoms with Gasteiger partial charge >= 0.3 is 0 Å². The lowest BCUT2D eigenvalue weighted by Crippen LogP contribution is -2.48. The van der Waals surface area contributed by atoms with Crippen molar-refractivity contribution >= 4 is 6.29 Å². The molecule has 2 heterocycles. The summed E-state index contributed by atoms with van der Waals surface area (Å²) >= 11 is 0. The van der Waals surface area contributed by atoms with E-state index in [1.165, 1.54) is 0 Å². The van der Waals surface area contributed by atoms with Gasteiger partial charge in [-0.2, -0.15) is 0 Å². The van der Waals surface area contributed by atoms with Gasteiger partial charge in [-0.25, -0.2) is 0 Å². The molecular formula is C20H36N2O6. The van der Waals surface area contributed by atoms with Gasteiger partial charge in [-0.1, -0.05) is 0 Å². The molecule has 0 unspecified atom stereocenters. The van der Waals surface area contributed by atoms with Crippen molar-refractivity contribution in [3.8, 4) is 0 Å². The van der Waals surface area contributed by atoms with Crippen LogP contribution in [-0.4, -0.2) is 82.2 Å². The van der Waals surface area contributed by atoms with E-state index in [0.717, 1.165) is 38.4 Å². The maximum atomic E-state index is 10.9.